The SMILES string of the molecule is N#Cc1ccc2c(c1)c1ccccc1n2-c1c(-c2cccc(-n3c4ccccc4c4ccccc43)c2)cc(-c2nc(-c3ccccc3)nc(-c3ccccc3)n2)cc1-c1cccc(-n2c3ccccc3c3ccccc32)c1. The fraction of sp³-hybridized carbons (Fsp3) is 0. The highest BCUT2D eigenvalue weighted by molar-refractivity contribution is 6.13. The lowest BCUT2D eigenvalue weighted by Crippen LogP contribution is -2.05. The lowest BCUT2D eigenvalue weighted by atomic mass is 9.92. The third-order valence-corrected chi connectivity index (χ3v) is 15.1. The van der Waals surface area contributed by atoms with Gasteiger partial charge in [0, 0.05) is 71.5 Å². The second-order valence-corrected chi connectivity index (χ2v) is 19.5. The van der Waals surface area contributed by atoms with Crippen molar-refractivity contribution in [2.45, 2.75) is 0 Å². The maximum absolute atomic E-state index is 10.3. The van der Waals surface area contributed by atoms with Crippen LogP contribution in [-0.4, -0.2) is 28.7 Å². The van der Waals surface area contributed by atoms with Gasteiger partial charge in [0.05, 0.1) is 50.4 Å². The molecule has 0 amide bonds. The summed E-state index contributed by atoms with van der Waals surface area (Å²) in [4.78, 5) is 15.9. The number of benzene rings is 11. The predicted molar refractivity (Wildman–Crippen MR) is 315 cm³/mol. The van der Waals surface area contributed by atoms with E-state index < -0.39 is 0 Å². The van der Waals surface area contributed by atoms with E-state index in [1.165, 1.54) is 21.5 Å². The van der Waals surface area contributed by atoms with Crippen LogP contribution in [0.5, 0.6) is 0 Å². The number of hydrogen-bond donors (Lipinski definition) is 0. The maximum Gasteiger partial charge on any atom is 0.164 e. The fourth-order valence-corrected chi connectivity index (χ4v) is 11.7. The van der Waals surface area contributed by atoms with Crippen molar-refractivity contribution in [3.63, 3.8) is 0 Å². The standard InChI is InChI=1S/C70H43N7/c71-44-45-37-38-66-60(39-45)57-31-11-16-36-65(57)77(66)67-58(48-23-17-25-51(40-48)75-61-32-12-7-27-53(61)54-28-8-13-33-62(54)75)42-50(70-73-68(46-19-3-1-4-20-46)72-69(74-70)47-21-5-2-6-22-47)43-59(67)49-24-18-26-52(41-49)76-63-34-14-9-29-55(63)56-30-10-15-35-64(56)76/h1-43H. The molecule has 0 saturated carbocycles. The molecule has 0 radical (unpaired) electrons. The molecule has 358 valence electrons. The molecule has 11 aromatic carbocycles. The normalized spacial score (nSPS) is 11.6. The van der Waals surface area contributed by atoms with E-state index >= 15 is 0 Å². The fourth-order valence-electron chi connectivity index (χ4n) is 11.7. The summed E-state index contributed by atoms with van der Waals surface area (Å²) in [6.07, 6.45) is 0. The first-order valence-electron chi connectivity index (χ1n) is 25.8. The van der Waals surface area contributed by atoms with Crippen LogP contribution in [0.25, 0.3) is 139 Å². The predicted octanol–water partition coefficient (Wildman–Crippen LogP) is 17.4. The monoisotopic (exact) mass is 981 g/mol. The van der Waals surface area contributed by atoms with Crippen LogP contribution in [0.2, 0.25) is 0 Å². The summed E-state index contributed by atoms with van der Waals surface area (Å²) in [6, 6.07) is 94.3. The quantitative estimate of drug-likeness (QED) is 0.152. The first kappa shape index (κ1) is 43.9. The average Bonchev–Trinajstić information content (AvgIpc) is 4.17. The Balaban J connectivity index is 1.08. The summed E-state index contributed by atoms with van der Waals surface area (Å²) in [7, 11) is 0. The van der Waals surface area contributed by atoms with Crippen LogP contribution in [-0.2, 0) is 0 Å². The number of nitriles is 1. The maximum atomic E-state index is 10.3. The molecule has 0 atom stereocenters. The van der Waals surface area contributed by atoms with Crippen LogP contribution in [0.1, 0.15) is 5.56 Å². The zero-order valence-corrected chi connectivity index (χ0v) is 41.5. The summed E-state index contributed by atoms with van der Waals surface area (Å²) in [5.41, 5.74) is 16.7. The largest absolute Gasteiger partial charge is 0.309 e. The van der Waals surface area contributed by atoms with Crippen LogP contribution >= 0.6 is 0 Å². The van der Waals surface area contributed by atoms with E-state index in [1.807, 2.05) is 72.8 Å². The van der Waals surface area contributed by atoms with E-state index in [1.54, 1.807) is 0 Å². The molecule has 0 aliphatic rings. The Kier molecular flexibility index (Phi) is 10.1. The topological polar surface area (TPSA) is 77.2 Å². The molecule has 0 unspecified atom stereocenters. The Hall–Kier alpha value is -10.7. The van der Waals surface area contributed by atoms with Crippen LogP contribution in [0.3, 0.4) is 0 Å². The van der Waals surface area contributed by atoms with Crippen molar-refractivity contribution >= 4 is 65.4 Å². The summed E-state index contributed by atoms with van der Waals surface area (Å²) in [5, 5.41) is 17.1. The third kappa shape index (κ3) is 7.15. The molecule has 0 N–H and O–H groups in total. The number of rotatable bonds is 8. The van der Waals surface area contributed by atoms with E-state index in [0.29, 0.717) is 23.0 Å². The van der Waals surface area contributed by atoms with Gasteiger partial charge in [-0.3, -0.25) is 0 Å². The van der Waals surface area contributed by atoms with Crippen LogP contribution in [0.4, 0.5) is 0 Å². The van der Waals surface area contributed by atoms with Gasteiger partial charge in [-0.1, -0.05) is 176 Å². The molecule has 4 heterocycles. The van der Waals surface area contributed by atoms with Crippen LogP contribution in [0, 0.1) is 11.3 Å². The third-order valence-electron chi connectivity index (χ3n) is 15.1. The van der Waals surface area contributed by atoms with Crippen molar-refractivity contribution in [2.24, 2.45) is 0 Å². The minimum Gasteiger partial charge on any atom is -0.309 e. The van der Waals surface area contributed by atoms with Crippen molar-refractivity contribution in [1.29, 1.82) is 5.26 Å². The van der Waals surface area contributed by atoms with E-state index in [2.05, 4.69) is 208 Å². The molecular formula is C70H43N7. The molecule has 4 aromatic heterocycles. The Morgan fingerprint density at radius 2 is 0.623 bits per heavy atom. The Bertz CT molecular complexity index is 4540. The minimum atomic E-state index is 0.546. The Labute approximate surface area is 443 Å². The van der Waals surface area contributed by atoms with E-state index in [-0.39, 0.29) is 0 Å². The molecule has 0 aliphatic heterocycles. The van der Waals surface area contributed by atoms with Gasteiger partial charge in [0.1, 0.15) is 0 Å². The molecule has 0 bridgehead atoms. The van der Waals surface area contributed by atoms with Gasteiger partial charge in [-0.25, -0.2) is 15.0 Å². The summed E-state index contributed by atoms with van der Waals surface area (Å²) >= 11 is 0. The van der Waals surface area contributed by atoms with Crippen LogP contribution in [0.15, 0.2) is 261 Å². The number of fused-ring (bicyclic) bond motifs is 9. The zero-order valence-electron chi connectivity index (χ0n) is 41.5. The molecular weight excluding hydrogens is 939 g/mol. The van der Waals surface area contributed by atoms with Gasteiger partial charge < -0.3 is 13.7 Å². The highest BCUT2D eigenvalue weighted by Gasteiger charge is 2.25. The van der Waals surface area contributed by atoms with Gasteiger partial charge in [-0.05, 0) is 96.1 Å². The van der Waals surface area contributed by atoms with Crippen molar-refractivity contribution in [2.75, 3.05) is 0 Å². The minimum absolute atomic E-state index is 0.546. The summed E-state index contributed by atoms with van der Waals surface area (Å²) in [6.45, 7) is 0. The number of aromatic nitrogens is 6. The van der Waals surface area contributed by atoms with Gasteiger partial charge in [-0.2, -0.15) is 5.26 Å². The van der Waals surface area contributed by atoms with Crippen molar-refractivity contribution < 1.29 is 0 Å². The number of para-hydroxylation sites is 5. The van der Waals surface area contributed by atoms with Crippen LogP contribution < -0.4 is 0 Å². The second kappa shape index (κ2) is 17.8. The van der Waals surface area contributed by atoms with Gasteiger partial charge in [0.15, 0.2) is 17.5 Å². The van der Waals surface area contributed by atoms with E-state index in [0.717, 1.165) is 99.9 Å². The summed E-state index contributed by atoms with van der Waals surface area (Å²) in [5.74, 6) is 1.71. The number of nitrogens with zero attached hydrogens (tertiary/aromatic N) is 7. The molecule has 0 saturated heterocycles. The lowest BCUT2D eigenvalue weighted by Gasteiger charge is -2.22. The van der Waals surface area contributed by atoms with Crippen molar-refractivity contribution in [1.82, 2.24) is 28.7 Å². The Morgan fingerprint density at radius 1 is 0.273 bits per heavy atom. The average molecular weight is 982 g/mol. The molecule has 77 heavy (non-hydrogen) atoms. The van der Waals surface area contributed by atoms with Gasteiger partial charge >= 0.3 is 0 Å². The number of hydrogen-bond acceptors (Lipinski definition) is 4. The molecule has 7 nitrogen and oxygen atoms in total. The Morgan fingerprint density at radius 3 is 1.05 bits per heavy atom. The van der Waals surface area contributed by atoms with E-state index in [4.69, 9.17) is 15.0 Å². The molecule has 0 spiro atoms. The lowest BCUT2D eigenvalue weighted by molar-refractivity contribution is 1.07. The molecule has 0 aliphatic carbocycles. The van der Waals surface area contributed by atoms with Gasteiger partial charge in [-0.15, -0.1) is 0 Å². The van der Waals surface area contributed by atoms with Crippen molar-refractivity contribution in [3.05, 3.63) is 266 Å². The first-order valence-corrected chi connectivity index (χ1v) is 25.8. The summed E-state index contributed by atoms with van der Waals surface area (Å²) < 4.78 is 7.16. The van der Waals surface area contributed by atoms with Gasteiger partial charge in [0.25, 0.3) is 0 Å². The van der Waals surface area contributed by atoms with Gasteiger partial charge in [0.2, 0.25) is 0 Å². The highest BCUT2D eigenvalue weighted by atomic mass is 15.0. The van der Waals surface area contributed by atoms with E-state index in [9.17, 15) is 5.26 Å². The molecule has 7 heteroatoms. The first-order chi connectivity index (χ1) is 38.1. The molecule has 15 rings (SSSR count). The highest BCUT2D eigenvalue weighted by Crippen LogP contribution is 2.46. The zero-order chi connectivity index (χ0) is 51.0. The van der Waals surface area contributed by atoms with Crippen molar-refractivity contribution in [3.8, 4) is 79.5 Å². The second-order valence-electron chi connectivity index (χ2n) is 19.5. The smallest absolute Gasteiger partial charge is 0.164 e. The molecule has 0 fully saturated rings. The molecule has 15 aromatic rings.